The fourth-order valence-electron chi connectivity index (χ4n) is 4.15. The molecule has 2 aliphatic carbocycles. The van der Waals surface area contributed by atoms with E-state index in [1.165, 1.54) is 73.6 Å². The van der Waals surface area contributed by atoms with E-state index in [0.29, 0.717) is 0 Å². The summed E-state index contributed by atoms with van der Waals surface area (Å²) in [5, 5.41) is 0. The van der Waals surface area contributed by atoms with Gasteiger partial charge < -0.3 is 0 Å². The molecule has 2 saturated carbocycles. The van der Waals surface area contributed by atoms with Crippen molar-refractivity contribution in [1.29, 1.82) is 0 Å². The molecule has 0 radical (unpaired) electrons. The molecule has 29 heavy (non-hydrogen) atoms. The molecule has 2 fully saturated rings. The van der Waals surface area contributed by atoms with Gasteiger partial charge in [0.15, 0.2) is 0 Å². The average Bonchev–Trinajstić information content (AvgIpc) is 3.42. The van der Waals surface area contributed by atoms with Gasteiger partial charge in [-0.3, -0.25) is 0 Å². The van der Waals surface area contributed by atoms with Gasteiger partial charge >= 0.3 is 0 Å². The normalized spacial score (nSPS) is 17.4. The number of aryl methyl sites for hydroxylation is 2. The van der Waals surface area contributed by atoms with Crippen molar-refractivity contribution in [3.05, 3.63) is 82.9 Å². The number of benzene rings is 2. The molecule has 0 aliphatic heterocycles. The number of rotatable bonds is 4. The number of hydrogen-bond donors (Lipinski definition) is 0. The van der Waals surface area contributed by atoms with Crippen LogP contribution in [0.5, 0.6) is 0 Å². The van der Waals surface area contributed by atoms with Crippen LogP contribution in [-0.4, -0.2) is 0 Å². The van der Waals surface area contributed by atoms with Crippen molar-refractivity contribution >= 4 is 12.2 Å². The molecule has 2 aromatic rings. The maximum atomic E-state index is 2.39. The van der Waals surface area contributed by atoms with E-state index in [1.807, 2.05) is 0 Å². The summed E-state index contributed by atoms with van der Waals surface area (Å²) in [6.45, 7) is 4.26. The minimum atomic E-state index is 0. The molecule has 0 saturated heterocycles. The minimum Gasteiger partial charge on any atom is -0.0808 e. The second kappa shape index (κ2) is 12.9. The smallest absolute Gasteiger partial charge is 0 e. The number of hydrogen-bond acceptors (Lipinski definition) is 0. The van der Waals surface area contributed by atoms with Gasteiger partial charge in [0.25, 0.3) is 0 Å². The number of allylic oxidation sites excluding steroid dienone is 2. The van der Waals surface area contributed by atoms with Crippen molar-refractivity contribution in [1.82, 2.24) is 0 Å². The quantitative estimate of drug-likeness (QED) is 0.429. The molecule has 2 aliphatic rings. The SMILES string of the molecule is Cc1ccc(/C=C/C2CCCC2)cc1.Cc1ccc(/C=C/C2CCCC2)cc1.[Fe]. The summed E-state index contributed by atoms with van der Waals surface area (Å²) in [6, 6.07) is 17.5. The largest absolute Gasteiger partial charge is 0.0808 e. The van der Waals surface area contributed by atoms with Gasteiger partial charge in [-0.1, -0.05) is 110 Å². The molecular formula is C28H36Fe. The molecular weight excluding hydrogens is 392 g/mol. The summed E-state index contributed by atoms with van der Waals surface area (Å²) in [6.07, 6.45) is 20.6. The Bertz CT molecular complexity index is 672. The Morgan fingerprint density at radius 2 is 0.862 bits per heavy atom. The summed E-state index contributed by atoms with van der Waals surface area (Å²) in [5.41, 5.74) is 5.34. The molecule has 0 heterocycles. The van der Waals surface area contributed by atoms with Crippen molar-refractivity contribution < 1.29 is 17.1 Å². The zero-order valence-corrected chi connectivity index (χ0v) is 19.2. The van der Waals surface area contributed by atoms with Crippen molar-refractivity contribution in [2.45, 2.75) is 65.2 Å². The van der Waals surface area contributed by atoms with Crippen molar-refractivity contribution in [3.8, 4) is 0 Å². The van der Waals surface area contributed by atoms with Gasteiger partial charge in [-0.2, -0.15) is 0 Å². The minimum absolute atomic E-state index is 0. The molecule has 0 bridgehead atoms. The first-order valence-corrected chi connectivity index (χ1v) is 11.2. The van der Waals surface area contributed by atoms with Crippen molar-refractivity contribution in [3.63, 3.8) is 0 Å². The Balaban J connectivity index is 0.000000200. The van der Waals surface area contributed by atoms with Crippen LogP contribution in [0.15, 0.2) is 60.7 Å². The summed E-state index contributed by atoms with van der Waals surface area (Å²) >= 11 is 0. The van der Waals surface area contributed by atoms with Crippen molar-refractivity contribution in [2.24, 2.45) is 11.8 Å². The van der Waals surface area contributed by atoms with Crippen LogP contribution in [0.25, 0.3) is 12.2 Å². The van der Waals surface area contributed by atoms with E-state index >= 15 is 0 Å². The predicted octanol–water partition coefficient (Wildman–Crippen LogP) is 8.39. The van der Waals surface area contributed by atoms with E-state index in [1.54, 1.807) is 0 Å². The molecule has 2 aromatic carbocycles. The first-order chi connectivity index (χ1) is 13.7. The molecule has 156 valence electrons. The van der Waals surface area contributed by atoms with Crippen LogP contribution < -0.4 is 0 Å². The van der Waals surface area contributed by atoms with E-state index in [2.05, 4.69) is 86.7 Å². The Kier molecular flexibility index (Phi) is 10.5. The van der Waals surface area contributed by atoms with Gasteiger partial charge in [0.05, 0.1) is 0 Å². The fraction of sp³-hybridized carbons (Fsp3) is 0.429. The first kappa shape index (κ1) is 23.7. The second-order valence-electron chi connectivity index (χ2n) is 8.63. The maximum Gasteiger partial charge on any atom is 0 e. The van der Waals surface area contributed by atoms with E-state index in [9.17, 15) is 0 Å². The van der Waals surface area contributed by atoms with Gasteiger partial charge in [-0.05, 0) is 62.5 Å². The van der Waals surface area contributed by atoms with E-state index < -0.39 is 0 Å². The third-order valence-electron chi connectivity index (χ3n) is 6.08. The van der Waals surface area contributed by atoms with Gasteiger partial charge in [0.1, 0.15) is 0 Å². The van der Waals surface area contributed by atoms with Crippen LogP contribution in [0.4, 0.5) is 0 Å². The van der Waals surface area contributed by atoms with E-state index in [0.717, 1.165) is 11.8 Å². The van der Waals surface area contributed by atoms with Gasteiger partial charge in [-0.25, -0.2) is 0 Å². The second-order valence-corrected chi connectivity index (χ2v) is 8.63. The molecule has 0 atom stereocenters. The third-order valence-corrected chi connectivity index (χ3v) is 6.08. The Labute approximate surface area is 189 Å². The molecule has 1 heteroatoms. The van der Waals surface area contributed by atoms with Gasteiger partial charge in [0.2, 0.25) is 0 Å². The van der Waals surface area contributed by atoms with Gasteiger partial charge in [0, 0.05) is 17.1 Å². The van der Waals surface area contributed by atoms with Gasteiger partial charge in [-0.15, -0.1) is 0 Å². The zero-order valence-electron chi connectivity index (χ0n) is 18.1. The summed E-state index contributed by atoms with van der Waals surface area (Å²) < 4.78 is 0. The monoisotopic (exact) mass is 428 g/mol. The molecule has 0 aromatic heterocycles. The zero-order chi connectivity index (χ0) is 19.6. The van der Waals surface area contributed by atoms with Crippen LogP contribution in [0, 0.1) is 25.7 Å². The van der Waals surface area contributed by atoms with E-state index in [-0.39, 0.29) is 17.1 Å². The fourth-order valence-corrected chi connectivity index (χ4v) is 4.15. The van der Waals surface area contributed by atoms with Crippen LogP contribution in [-0.2, 0) is 17.1 Å². The van der Waals surface area contributed by atoms with Crippen LogP contribution in [0.1, 0.15) is 73.6 Å². The summed E-state index contributed by atoms with van der Waals surface area (Å²) in [4.78, 5) is 0. The van der Waals surface area contributed by atoms with Crippen LogP contribution in [0.3, 0.4) is 0 Å². The van der Waals surface area contributed by atoms with E-state index in [4.69, 9.17) is 0 Å². The molecule has 0 N–H and O–H groups in total. The molecule has 0 unspecified atom stereocenters. The Morgan fingerprint density at radius 3 is 1.17 bits per heavy atom. The molecule has 0 spiro atoms. The maximum absolute atomic E-state index is 2.39. The predicted molar refractivity (Wildman–Crippen MR) is 124 cm³/mol. The standard InChI is InChI=1S/2C14H18.Fe/c2*1-12-6-8-14(9-7-12)11-10-13-4-2-3-5-13;/h2*6-11,13H,2-5H2,1H3;/b2*11-10+;. The summed E-state index contributed by atoms with van der Waals surface area (Å²) in [5.74, 6) is 1.69. The summed E-state index contributed by atoms with van der Waals surface area (Å²) in [7, 11) is 0. The van der Waals surface area contributed by atoms with Crippen LogP contribution >= 0.6 is 0 Å². The Morgan fingerprint density at radius 1 is 0.552 bits per heavy atom. The molecule has 0 amide bonds. The average molecular weight is 428 g/mol. The van der Waals surface area contributed by atoms with Crippen molar-refractivity contribution in [2.75, 3.05) is 0 Å². The molecule has 4 rings (SSSR count). The Hall–Kier alpha value is -1.56. The van der Waals surface area contributed by atoms with Crippen LogP contribution in [0.2, 0.25) is 0 Å². The molecule has 0 nitrogen and oxygen atoms in total. The first-order valence-electron chi connectivity index (χ1n) is 11.2. The topological polar surface area (TPSA) is 0 Å². The third kappa shape index (κ3) is 8.77.